The van der Waals surface area contributed by atoms with Gasteiger partial charge in [0.2, 0.25) is 11.8 Å². The molecule has 1 aromatic heterocycles. The SMILES string of the molecule is O=C(O)c1cccnc1SC1CC(=O)N(c2ccc(Cl)c(Cl)c2)C1=O. The summed E-state index contributed by atoms with van der Waals surface area (Å²) in [5, 5.41) is 9.18. The monoisotopic (exact) mass is 396 g/mol. The summed E-state index contributed by atoms with van der Waals surface area (Å²) in [6.45, 7) is 0. The minimum absolute atomic E-state index is 0.0132. The number of nitrogens with zero attached hydrogens (tertiary/aromatic N) is 2. The summed E-state index contributed by atoms with van der Waals surface area (Å²) < 4.78 is 0. The van der Waals surface area contributed by atoms with Gasteiger partial charge in [-0.15, -0.1) is 0 Å². The van der Waals surface area contributed by atoms with Gasteiger partial charge in [0.25, 0.3) is 0 Å². The van der Waals surface area contributed by atoms with Crippen molar-refractivity contribution in [3.05, 3.63) is 52.1 Å². The maximum Gasteiger partial charge on any atom is 0.338 e. The summed E-state index contributed by atoms with van der Waals surface area (Å²) in [6, 6.07) is 7.37. The first-order valence-corrected chi connectivity index (χ1v) is 8.69. The standard InChI is InChI=1S/C16H10Cl2N2O4S/c17-10-4-3-8(6-11(10)18)20-13(21)7-12(15(20)22)25-14-9(16(23)24)2-1-5-19-14/h1-6,12H,7H2,(H,23,24). The van der Waals surface area contributed by atoms with Crippen molar-refractivity contribution in [2.45, 2.75) is 16.7 Å². The van der Waals surface area contributed by atoms with E-state index in [1.54, 1.807) is 0 Å². The first kappa shape index (κ1) is 17.7. The Morgan fingerprint density at radius 3 is 2.68 bits per heavy atom. The van der Waals surface area contributed by atoms with Gasteiger partial charge in [0, 0.05) is 12.6 Å². The van der Waals surface area contributed by atoms with E-state index < -0.39 is 23.0 Å². The number of imide groups is 1. The molecule has 1 aliphatic heterocycles. The van der Waals surface area contributed by atoms with Crippen molar-refractivity contribution in [1.29, 1.82) is 0 Å². The first-order chi connectivity index (χ1) is 11.9. The lowest BCUT2D eigenvalue weighted by atomic mass is 10.3. The fraction of sp³-hybridized carbons (Fsp3) is 0.125. The van der Waals surface area contributed by atoms with Crippen molar-refractivity contribution in [2.75, 3.05) is 4.90 Å². The molecule has 2 amide bonds. The van der Waals surface area contributed by atoms with Crippen LogP contribution in [0.15, 0.2) is 41.6 Å². The van der Waals surface area contributed by atoms with E-state index in [-0.39, 0.29) is 22.0 Å². The van der Waals surface area contributed by atoms with Crippen LogP contribution in [0.1, 0.15) is 16.8 Å². The van der Waals surface area contributed by atoms with Gasteiger partial charge < -0.3 is 5.11 Å². The Morgan fingerprint density at radius 2 is 2.00 bits per heavy atom. The fourth-order valence-electron chi connectivity index (χ4n) is 2.37. The number of carbonyl (C=O) groups is 3. The maximum atomic E-state index is 12.6. The number of carboxylic acid groups (broad SMARTS) is 1. The van der Waals surface area contributed by atoms with Crippen molar-refractivity contribution >= 4 is 58.4 Å². The fourth-order valence-corrected chi connectivity index (χ4v) is 3.77. The number of carboxylic acids is 1. The van der Waals surface area contributed by atoms with E-state index in [2.05, 4.69) is 4.98 Å². The topological polar surface area (TPSA) is 87.6 Å². The maximum absolute atomic E-state index is 12.6. The second-order valence-corrected chi connectivity index (χ2v) is 7.14. The third kappa shape index (κ3) is 3.49. The summed E-state index contributed by atoms with van der Waals surface area (Å²) in [5.74, 6) is -1.99. The molecule has 1 unspecified atom stereocenters. The largest absolute Gasteiger partial charge is 0.478 e. The van der Waals surface area contributed by atoms with Crippen LogP contribution in [0.2, 0.25) is 10.0 Å². The lowest BCUT2D eigenvalue weighted by Crippen LogP contribution is -2.31. The molecule has 0 radical (unpaired) electrons. The van der Waals surface area contributed by atoms with Crippen LogP contribution in [0, 0.1) is 0 Å². The van der Waals surface area contributed by atoms with Crippen molar-refractivity contribution in [3.8, 4) is 0 Å². The van der Waals surface area contributed by atoms with Crippen molar-refractivity contribution < 1.29 is 19.5 Å². The third-order valence-electron chi connectivity index (χ3n) is 3.52. The molecule has 2 heterocycles. The highest BCUT2D eigenvalue weighted by Gasteiger charge is 2.41. The van der Waals surface area contributed by atoms with Crippen molar-refractivity contribution in [1.82, 2.24) is 4.98 Å². The van der Waals surface area contributed by atoms with Crippen LogP contribution < -0.4 is 4.90 Å². The van der Waals surface area contributed by atoms with Crippen LogP contribution in [0.5, 0.6) is 0 Å². The van der Waals surface area contributed by atoms with E-state index in [1.165, 1.54) is 36.5 Å². The molecule has 1 aromatic carbocycles. The molecule has 1 atom stereocenters. The van der Waals surface area contributed by atoms with Gasteiger partial charge in [-0.1, -0.05) is 35.0 Å². The van der Waals surface area contributed by atoms with Gasteiger partial charge in [-0.3, -0.25) is 9.59 Å². The summed E-state index contributed by atoms with van der Waals surface area (Å²) in [5.41, 5.74) is 0.313. The Hall–Kier alpha value is -2.09. The molecule has 1 N–H and O–H groups in total. The quantitative estimate of drug-likeness (QED) is 0.795. The van der Waals surface area contributed by atoms with Crippen molar-refractivity contribution in [3.63, 3.8) is 0 Å². The molecule has 0 aliphatic carbocycles. The Kier molecular flexibility index (Phi) is 4.99. The molecular weight excluding hydrogens is 387 g/mol. The molecule has 1 aliphatic rings. The normalized spacial score (nSPS) is 17.2. The van der Waals surface area contributed by atoms with Gasteiger partial charge in [0.1, 0.15) is 5.03 Å². The van der Waals surface area contributed by atoms with E-state index in [0.29, 0.717) is 10.7 Å². The van der Waals surface area contributed by atoms with Crippen LogP contribution in [-0.4, -0.2) is 33.1 Å². The Balaban J connectivity index is 1.87. The van der Waals surface area contributed by atoms with E-state index in [0.717, 1.165) is 16.7 Å². The van der Waals surface area contributed by atoms with Crippen LogP contribution in [-0.2, 0) is 9.59 Å². The Labute approximate surface area is 156 Å². The summed E-state index contributed by atoms with van der Waals surface area (Å²) in [7, 11) is 0. The highest BCUT2D eigenvalue weighted by molar-refractivity contribution is 8.00. The molecule has 3 rings (SSSR count). The van der Waals surface area contributed by atoms with Crippen LogP contribution in [0.4, 0.5) is 5.69 Å². The molecule has 1 saturated heterocycles. The van der Waals surface area contributed by atoms with Crippen LogP contribution in [0.3, 0.4) is 0 Å². The molecule has 0 spiro atoms. The zero-order chi connectivity index (χ0) is 18.1. The van der Waals surface area contributed by atoms with Gasteiger partial charge in [-0.25, -0.2) is 14.7 Å². The second kappa shape index (κ2) is 7.03. The molecule has 6 nitrogen and oxygen atoms in total. The lowest BCUT2D eigenvalue weighted by molar-refractivity contribution is -0.121. The van der Waals surface area contributed by atoms with Gasteiger partial charge in [0.15, 0.2) is 0 Å². The number of amides is 2. The number of carbonyl (C=O) groups excluding carboxylic acids is 2. The predicted octanol–water partition coefficient (Wildman–Crippen LogP) is 3.51. The molecule has 9 heteroatoms. The number of halogens is 2. The lowest BCUT2D eigenvalue weighted by Gasteiger charge is -2.15. The Bertz CT molecular complexity index is 890. The Morgan fingerprint density at radius 1 is 1.24 bits per heavy atom. The predicted molar refractivity (Wildman–Crippen MR) is 94.4 cm³/mol. The minimum Gasteiger partial charge on any atom is -0.478 e. The highest BCUT2D eigenvalue weighted by atomic mass is 35.5. The molecular formula is C16H10Cl2N2O4S. The molecule has 25 heavy (non-hydrogen) atoms. The summed E-state index contributed by atoms with van der Waals surface area (Å²) in [6.07, 6.45) is 1.38. The number of pyridine rings is 1. The van der Waals surface area contributed by atoms with E-state index in [4.69, 9.17) is 23.2 Å². The molecule has 1 fully saturated rings. The van der Waals surface area contributed by atoms with E-state index in [9.17, 15) is 19.5 Å². The smallest absolute Gasteiger partial charge is 0.338 e. The van der Waals surface area contributed by atoms with Crippen LogP contribution in [0.25, 0.3) is 0 Å². The number of aromatic nitrogens is 1. The third-order valence-corrected chi connectivity index (χ3v) is 5.46. The molecule has 0 bridgehead atoms. The number of hydrogen-bond acceptors (Lipinski definition) is 5. The number of aromatic carboxylic acids is 1. The highest BCUT2D eigenvalue weighted by Crippen LogP contribution is 2.36. The van der Waals surface area contributed by atoms with Gasteiger partial charge >= 0.3 is 5.97 Å². The number of benzene rings is 1. The first-order valence-electron chi connectivity index (χ1n) is 7.05. The van der Waals surface area contributed by atoms with Crippen molar-refractivity contribution in [2.24, 2.45) is 0 Å². The second-order valence-electron chi connectivity index (χ2n) is 5.14. The van der Waals surface area contributed by atoms with E-state index >= 15 is 0 Å². The molecule has 0 saturated carbocycles. The van der Waals surface area contributed by atoms with Gasteiger partial charge in [-0.05, 0) is 30.3 Å². The number of thioether (sulfide) groups is 1. The van der Waals surface area contributed by atoms with E-state index in [1.807, 2.05) is 0 Å². The van der Waals surface area contributed by atoms with Crippen LogP contribution >= 0.6 is 35.0 Å². The summed E-state index contributed by atoms with van der Waals surface area (Å²) in [4.78, 5) is 41.2. The number of anilines is 1. The van der Waals surface area contributed by atoms with Gasteiger partial charge in [-0.2, -0.15) is 0 Å². The average molecular weight is 397 g/mol. The van der Waals surface area contributed by atoms with Gasteiger partial charge in [0.05, 0.1) is 26.5 Å². The average Bonchev–Trinajstić information content (AvgIpc) is 2.84. The number of hydrogen-bond donors (Lipinski definition) is 1. The molecule has 128 valence electrons. The zero-order valence-electron chi connectivity index (χ0n) is 12.5. The zero-order valence-corrected chi connectivity index (χ0v) is 14.8. The molecule has 2 aromatic rings. The summed E-state index contributed by atoms with van der Waals surface area (Å²) >= 11 is 12.8. The number of rotatable bonds is 4. The minimum atomic E-state index is -1.14.